The molecule has 0 heterocycles. The van der Waals surface area contributed by atoms with Crippen molar-refractivity contribution >= 4 is 0 Å². The van der Waals surface area contributed by atoms with Crippen LogP contribution in [0.1, 0.15) is 16.7 Å². The molecule has 0 saturated carbocycles. The van der Waals surface area contributed by atoms with Crippen LogP contribution in [0.4, 0.5) is 8.78 Å². The fourth-order valence-corrected chi connectivity index (χ4v) is 1.40. The smallest absolute Gasteiger partial charge is 0.282 e. The maximum absolute atomic E-state index is 12.7. The molecular formula is C12H14F2N2O. The maximum atomic E-state index is 12.7. The first-order valence-electron chi connectivity index (χ1n) is 5.17. The van der Waals surface area contributed by atoms with Crippen LogP contribution in [0, 0.1) is 18.3 Å². The predicted octanol–water partition coefficient (Wildman–Crippen LogP) is 1.58. The summed E-state index contributed by atoms with van der Waals surface area (Å²) >= 11 is 0. The summed E-state index contributed by atoms with van der Waals surface area (Å²) in [6.07, 6.45) is 0. The zero-order chi connectivity index (χ0) is 12.9. The fraction of sp³-hybridized carbons (Fsp3) is 0.417. The van der Waals surface area contributed by atoms with Gasteiger partial charge in [0.05, 0.1) is 18.2 Å². The number of aliphatic hydroxyl groups is 1. The number of aliphatic hydroxyl groups excluding tert-OH is 1. The van der Waals surface area contributed by atoms with E-state index in [4.69, 9.17) is 10.4 Å². The van der Waals surface area contributed by atoms with Crippen LogP contribution in [0.3, 0.4) is 0 Å². The molecule has 0 aliphatic carbocycles. The van der Waals surface area contributed by atoms with E-state index in [1.165, 1.54) is 0 Å². The highest BCUT2D eigenvalue weighted by Crippen LogP contribution is 2.13. The Hall–Kier alpha value is -1.51. The van der Waals surface area contributed by atoms with E-state index in [2.05, 4.69) is 5.32 Å². The van der Waals surface area contributed by atoms with Gasteiger partial charge >= 0.3 is 0 Å². The third-order valence-corrected chi connectivity index (χ3v) is 2.40. The van der Waals surface area contributed by atoms with Crippen LogP contribution in [0.5, 0.6) is 0 Å². The Morgan fingerprint density at radius 1 is 1.47 bits per heavy atom. The second kappa shape index (κ2) is 5.71. The van der Waals surface area contributed by atoms with Crippen molar-refractivity contribution in [2.24, 2.45) is 0 Å². The Bertz CT molecular complexity index is 427. The lowest BCUT2D eigenvalue weighted by Gasteiger charge is -2.14. The standard InChI is InChI=1S/C12H14F2N2O/c1-9-4-10(5-15)2-3-11(9)6-16-7-12(13,14)8-17/h2-4,16-17H,6-8H2,1H3. The van der Waals surface area contributed by atoms with E-state index in [9.17, 15) is 8.78 Å². The fourth-order valence-electron chi connectivity index (χ4n) is 1.40. The highest BCUT2D eigenvalue weighted by molar-refractivity contribution is 5.37. The van der Waals surface area contributed by atoms with Crippen LogP contribution in [0.25, 0.3) is 0 Å². The Labute approximate surface area is 98.7 Å². The van der Waals surface area contributed by atoms with Gasteiger partial charge in [-0.1, -0.05) is 6.07 Å². The Morgan fingerprint density at radius 2 is 2.18 bits per heavy atom. The molecule has 5 heteroatoms. The number of alkyl halides is 2. The number of aryl methyl sites for hydroxylation is 1. The molecule has 0 aliphatic rings. The van der Waals surface area contributed by atoms with Gasteiger partial charge in [-0.3, -0.25) is 0 Å². The number of nitrogens with one attached hydrogen (secondary N) is 1. The summed E-state index contributed by atoms with van der Waals surface area (Å²) in [5.74, 6) is -3.10. The molecule has 0 aromatic heterocycles. The normalized spacial score (nSPS) is 11.2. The van der Waals surface area contributed by atoms with Gasteiger partial charge in [0.2, 0.25) is 0 Å². The van der Waals surface area contributed by atoms with E-state index < -0.39 is 19.1 Å². The molecular weight excluding hydrogens is 226 g/mol. The lowest BCUT2D eigenvalue weighted by molar-refractivity contribution is -0.0477. The Kier molecular flexibility index (Phi) is 4.55. The number of hydrogen-bond donors (Lipinski definition) is 2. The van der Waals surface area contributed by atoms with Crippen LogP contribution in [-0.4, -0.2) is 24.2 Å². The van der Waals surface area contributed by atoms with E-state index in [-0.39, 0.29) is 6.54 Å². The van der Waals surface area contributed by atoms with E-state index in [0.717, 1.165) is 11.1 Å². The van der Waals surface area contributed by atoms with E-state index in [0.29, 0.717) is 5.56 Å². The number of benzene rings is 1. The first kappa shape index (κ1) is 13.6. The SMILES string of the molecule is Cc1cc(C#N)ccc1CNCC(F)(F)CO. The molecule has 0 spiro atoms. The van der Waals surface area contributed by atoms with E-state index in [1.54, 1.807) is 18.2 Å². The maximum Gasteiger partial charge on any atom is 0.282 e. The van der Waals surface area contributed by atoms with Crippen molar-refractivity contribution < 1.29 is 13.9 Å². The lowest BCUT2D eigenvalue weighted by Crippen LogP contribution is -2.35. The molecule has 1 aromatic rings. The molecule has 1 rings (SSSR count). The number of rotatable bonds is 5. The topological polar surface area (TPSA) is 56.0 Å². The number of nitriles is 1. The molecule has 3 nitrogen and oxygen atoms in total. The summed E-state index contributed by atoms with van der Waals surface area (Å²) < 4.78 is 25.4. The van der Waals surface area contributed by atoms with Crippen molar-refractivity contribution in [3.63, 3.8) is 0 Å². The van der Waals surface area contributed by atoms with Crippen molar-refractivity contribution in [3.8, 4) is 6.07 Å². The van der Waals surface area contributed by atoms with Crippen LogP contribution in [0.2, 0.25) is 0 Å². The zero-order valence-corrected chi connectivity index (χ0v) is 9.50. The molecule has 0 fully saturated rings. The van der Waals surface area contributed by atoms with Crippen molar-refractivity contribution in [1.29, 1.82) is 5.26 Å². The number of halogens is 2. The van der Waals surface area contributed by atoms with Gasteiger partial charge in [0.1, 0.15) is 6.61 Å². The third-order valence-electron chi connectivity index (χ3n) is 2.40. The molecule has 17 heavy (non-hydrogen) atoms. The minimum atomic E-state index is -3.10. The van der Waals surface area contributed by atoms with Crippen LogP contribution < -0.4 is 5.32 Å². The minimum Gasteiger partial charge on any atom is -0.390 e. The first-order valence-corrected chi connectivity index (χ1v) is 5.17. The number of nitrogens with zero attached hydrogens (tertiary/aromatic N) is 1. The van der Waals surface area contributed by atoms with E-state index in [1.807, 2.05) is 13.0 Å². The van der Waals surface area contributed by atoms with Gasteiger partial charge in [-0.2, -0.15) is 5.26 Å². The van der Waals surface area contributed by atoms with E-state index >= 15 is 0 Å². The van der Waals surface area contributed by atoms with Crippen LogP contribution >= 0.6 is 0 Å². The summed E-state index contributed by atoms with van der Waals surface area (Å²) in [4.78, 5) is 0. The third kappa shape index (κ3) is 4.10. The Morgan fingerprint density at radius 3 is 2.71 bits per heavy atom. The monoisotopic (exact) mass is 240 g/mol. The van der Waals surface area contributed by atoms with Crippen LogP contribution in [-0.2, 0) is 6.54 Å². The van der Waals surface area contributed by atoms with Gasteiger partial charge in [-0.15, -0.1) is 0 Å². The summed E-state index contributed by atoms with van der Waals surface area (Å²) in [5.41, 5.74) is 2.29. The predicted molar refractivity (Wildman–Crippen MR) is 59.6 cm³/mol. The van der Waals surface area contributed by atoms with Gasteiger partial charge in [0.15, 0.2) is 0 Å². The van der Waals surface area contributed by atoms with Gasteiger partial charge in [-0.05, 0) is 30.2 Å². The second-order valence-corrected chi connectivity index (χ2v) is 3.87. The molecule has 0 bridgehead atoms. The molecule has 1 aromatic carbocycles. The highest BCUT2D eigenvalue weighted by Gasteiger charge is 2.26. The molecule has 0 aliphatic heterocycles. The average molecular weight is 240 g/mol. The summed E-state index contributed by atoms with van der Waals surface area (Å²) in [6.45, 7) is 0.379. The molecule has 0 radical (unpaired) electrons. The molecule has 92 valence electrons. The Balaban J connectivity index is 2.56. The highest BCUT2D eigenvalue weighted by atomic mass is 19.3. The van der Waals surface area contributed by atoms with Crippen LogP contribution in [0.15, 0.2) is 18.2 Å². The van der Waals surface area contributed by atoms with Crippen molar-refractivity contribution in [2.75, 3.05) is 13.2 Å². The summed E-state index contributed by atoms with van der Waals surface area (Å²) in [5, 5.41) is 19.6. The van der Waals surface area contributed by atoms with Crippen molar-refractivity contribution in [3.05, 3.63) is 34.9 Å². The molecule has 0 amide bonds. The van der Waals surface area contributed by atoms with Crippen molar-refractivity contribution in [2.45, 2.75) is 19.4 Å². The molecule has 0 atom stereocenters. The summed E-state index contributed by atoms with van der Waals surface area (Å²) in [7, 11) is 0. The van der Waals surface area contributed by atoms with Crippen molar-refractivity contribution in [1.82, 2.24) is 5.32 Å². The average Bonchev–Trinajstić information content (AvgIpc) is 2.31. The number of hydrogen-bond acceptors (Lipinski definition) is 3. The minimum absolute atomic E-state index is 0.285. The lowest BCUT2D eigenvalue weighted by atomic mass is 10.1. The molecule has 0 unspecified atom stereocenters. The zero-order valence-electron chi connectivity index (χ0n) is 9.50. The van der Waals surface area contributed by atoms with Gasteiger partial charge in [0, 0.05) is 6.54 Å². The quantitative estimate of drug-likeness (QED) is 0.821. The molecule has 2 N–H and O–H groups in total. The summed E-state index contributed by atoms with van der Waals surface area (Å²) in [6, 6.07) is 7.10. The second-order valence-electron chi connectivity index (χ2n) is 3.87. The van der Waals surface area contributed by atoms with Gasteiger partial charge < -0.3 is 10.4 Å². The first-order chi connectivity index (χ1) is 7.98. The van der Waals surface area contributed by atoms with Gasteiger partial charge in [-0.25, -0.2) is 8.78 Å². The van der Waals surface area contributed by atoms with Gasteiger partial charge in [0.25, 0.3) is 5.92 Å². The molecule has 0 saturated heterocycles. The largest absolute Gasteiger partial charge is 0.390 e.